The van der Waals surface area contributed by atoms with Crippen molar-refractivity contribution >= 4 is 12.4 Å². The molecule has 0 aliphatic heterocycles. The second kappa shape index (κ2) is 4.97. The summed E-state index contributed by atoms with van der Waals surface area (Å²) >= 11 is 0. The first-order chi connectivity index (χ1) is 6.74. The maximum atomic E-state index is 10.6. The van der Waals surface area contributed by atoms with Gasteiger partial charge in [0.1, 0.15) is 6.04 Å². The van der Waals surface area contributed by atoms with Crippen molar-refractivity contribution in [3.05, 3.63) is 18.2 Å². The van der Waals surface area contributed by atoms with Crippen molar-refractivity contribution < 1.29 is 19.5 Å². The Bertz CT molecular complexity index is 298. The Morgan fingerprint density at radius 2 is 2.64 bits per heavy atom. The van der Waals surface area contributed by atoms with Gasteiger partial charge in [0.15, 0.2) is 0 Å². The fraction of sp³-hybridized carbons (Fsp3) is 0.286. The SMILES string of the molecule is O=CONC(Cc1c[nH]cn1)C(=O)O. The molecule has 1 heterocycles. The van der Waals surface area contributed by atoms with E-state index < -0.39 is 12.0 Å². The van der Waals surface area contributed by atoms with Gasteiger partial charge in [-0.3, -0.25) is 9.59 Å². The molecular formula is C7H9N3O4. The third-order valence-electron chi connectivity index (χ3n) is 1.52. The molecule has 76 valence electrons. The highest BCUT2D eigenvalue weighted by atomic mass is 16.7. The van der Waals surface area contributed by atoms with E-state index in [0.717, 1.165) is 0 Å². The topological polar surface area (TPSA) is 104 Å². The van der Waals surface area contributed by atoms with Crippen LogP contribution in [-0.2, 0) is 20.8 Å². The molecule has 0 bridgehead atoms. The third kappa shape index (κ3) is 2.87. The molecule has 1 rings (SSSR count). The number of nitrogens with zero attached hydrogens (tertiary/aromatic N) is 1. The quantitative estimate of drug-likeness (QED) is 0.404. The minimum atomic E-state index is -1.12. The Morgan fingerprint density at radius 3 is 3.14 bits per heavy atom. The molecule has 14 heavy (non-hydrogen) atoms. The number of imidazole rings is 1. The van der Waals surface area contributed by atoms with Crippen LogP contribution in [0.2, 0.25) is 0 Å². The molecular weight excluding hydrogens is 190 g/mol. The normalized spacial score (nSPS) is 12.0. The van der Waals surface area contributed by atoms with E-state index in [2.05, 4.69) is 20.3 Å². The summed E-state index contributed by atoms with van der Waals surface area (Å²) in [4.78, 5) is 31.2. The number of rotatable bonds is 6. The van der Waals surface area contributed by atoms with Gasteiger partial charge in [-0.05, 0) is 0 Å². The van der Waals surface area contributed by atoms with E-state index in [1.807, 2.05) is 0 Å². The number of carboxylic acid groups (broad SMARTS) is 1. The van der Waals surface area contributed by atoms with Crippen LogP contribution in [0.5, 0.6) is 0 Å². The number of hydrogen-bond acceptors (Lipinski definition) is 5. The molecule has 3 N–H and O–H groups in total. The second-order valence-corrected chi connectivity index (χ2v) is 2.49. The van der Waals surface area contributed by atoms with Gasteiger partial charge in [-0.15, -0.1) is 5.48 Å². The van der Waals surface area contributed by atoms with Crippen molar-refractivity contribution in [2.75, 3.05) is 0 Å². The number of H-pyrrole nitrogens is 1. The van der Waals surface area contributed by atoms with Crippen LogP contribution in [-0.4, -0.2) is 33.6 Å². The lowest BCUT2D eigenvalue weighted by Crippen LogP contribution is -2.38. The summed E-state index contributed by atoms with van der Waals surface area (Å²) in [5, 5.41) is 8.70. The van der Waals surface area contributed by atoms with Gasteiger partial charge >= 0.3 is 12.4 Å². The predicted octanol–water partition coefficient (Wildman–Crippen LogP) is -0.917. The van der Waals surface area contributed by atoms with Crippen LogP contribution in [0.4, 0.5) is 0 Å². The Balaban J connectivity index is 2.51. The van der Waals surface area contributed by atoms with Crippen molar-refractivity contribution in [1.29, 1.82) is 0 Å². The first-order valence-electron chi connectivity index (χ1n) is 3.79. The summed E-state index contributed by atoms with van der Waals surface area (Å²) in [5.41, 5.74) is 2.65. The van der Waals surface area contributed by atoms with E-state index in [1.54, 1.807) is 6.20 Å². The molecule has 7 heteroatoms. The summed E-state index contributed by atoms with van der Waals surface area (Å²) in [6.45, 7) is 0.125. The molecule has 0 fully saturated rings. The number of carbonyl (C=O) groups excluding carboxylic acids is 1. The van der Waals surface area contributed by atoms with Gasteiger partial charge in [-0.2, -0.15) is 0 Å². The molecule has 0 aliphatic carbocycles. The number of nitrogens with one attached hydrogen (secondary N) is 2. The number of aliphatic carboxylic acids is 1. The molecule has 1 unspecified atom stereocenters. The molecule has 1 aromatic heterocycles. The lowest BCUT2D eigenvalue weighted by molar-refractivity contribution is -0.148. The molecule has 7 nitrogen and oxygen atoms in total. The number of aromatic nitrogens is 2. The number of carbonyl (C=O) groups is 2. The van der Waals surface area contributed by atoms with Crippen LogP contribution in [0.25, 0.3) is 0 Å². The van der Waals surface area contributed by atoms with Gasteiger partial charge in [0.05, 0.1) is 12.0 Å². The zero-order valence-electron chi connectivity index (χ0n) is 7.14. The summed E-state index contributed by atoms with van der Waals surface area (Å²) in [6.07, 6.45) is 3.14. The van der Waals surface area contributed by atoms with Gasteiger partial charge in [-0.1, -0.05) is 0 Å². The van der Waals surface area contributed by atoms with Gasteiger partial charge in [0.2, 0.25) is 0 Å². The Kier molecular flexibility index (Phi) is 3.62. The maximum Gasteiger partial charge on any atom is 0.324 e. The van der Waals surface area contributed by atoms with Crippen molar-refractivity contribution in [1.82, 2.24) is 15.4 Å². The second-order valence-electron chi connectivity index (χ2n) is 2.49. The zero-order valence-corrected chi connectivity index (χ0v) is 7.14. The van der Waals surface area contributed by atoms with Crippen LogP contribution in [0.1, 0.15) is 5.69 Å². The lowest BCUT2D eigenvalue weighted by atomic mass is 10.2. The maximum absolute atomic E-state index is 10.6. The highest BCUT2D eigenvalue weighted by molar-refractivity contribution is 5.73. The zero-order chi connectivity index (χ0) is 10.4. The van der Waals surface area contributed by atoms with Gasteiger partial charge < -0.3 is 14.9 Å². The summed E-state index contributed by atoms with van der Waals surface area (Å²) < 4.78 is 0. The number of hydrogen-bond donors (Lipinski definition) is 3. The fourth-order valence-electron chi connectivity index (χ4n) is 0.901. The first-order valence-corrected chi connectivity index (χ1v) is 3.79. The summed E-state index contributed by atoms with van der Waals surface area (Å²) in [6, 6.07) is -0.997. The van der Waals surface area contributed by atoms with Crippen molar-refractivity contribution in [2.24, 2.45) is 0 Å². The predicted molar refractivity (Wildman–Crippen MR) is 44.0 cm³/mol. The molecule has 0 aromatic carbocycles. The highest BCUT2D eigenvalue weighted by Crippen LogP contribution is 1.98. The molecule has 0 radical (unpaired) electrons. The summed E-state index contributed by atoms with van der Waals surface area (Å²) in [5.74, 6) is -1.12. The lowest BCUT2D eigenvalue weighted by Gasteiger charge is -2.09. The van der Waals surface area contributed by atoms with Gasteiger partial charge in [0.25, 0.3) is 0 Å². The smallest absolute Gasteiger partial charge is 0.324 e. The van der Waals surface area contributed by atoms with E-state index in [-0.39, 0.29) is 12.9 Å². The molecule has 0 saturated carbocycles. The van der Waals surface area contributed by atoms with Crippen LogP contribution in [0.3, 0.4) is 0 Å². The minimum Gasteiger partial charge on any atom is -0.480 e. The number of aromatic amines is 1. The Morgan fingerprint density at radius 1 is 1.86 bits per heavy atom. The number of hydroxylamine groups is 1. The van der Waals surface area contributed by atoms with Crippen LogP contribution in [0, 0.1) is 0 Å². The monoisotopic (exact) mass is 199 g/mol. The first kappa shape index (κ1) is 10.2. The number of carboxylic acids is 1. The Labute approximate surface area is 79.1 Å². The van der Waals surface area contributed by atoms with Crippen LogP contribution < -0.4 is 5.48 Å². The molecule has 0 amide bonds. The molecule has 0 aliphatic rings. The molecule has 1 aromatic rings. The average molecular weight is 199 g/mol. The van der Waals surface area contributed by atoms with Gasteiger partial charge in [-0.25, -0.2) is 4.98 Å². The van der Waals surface area contributed by atoms with Crippen molar-refractivity contribution in [3.63, 3.8) is 0 Å². The van der Waals surface area contributed by atoms with E-state index in [0.29, 0.717) is 5.69 Å². The van der Waals surface area contributed by atoms with E-state index in [9.17, 15) is 9.59 Å². The summed E-state index contributed by atoms with van der Waals surface area (Å²) in [7, 11) is 0. The molecule has 0 saturated heterocycles. The largest absolute Gasteiger partial charge is 0.480 e. The van der Waals surface area contributed by atoms with Crippen LogP contribution >= 0.6 is 0 Å². The fourth-order valence-corrected chi connectivity index (χ4v) is 0.901. The Hall–Kier alpha value is -1.89. The highest BCUT2D eigenvalue weighted by Gasteiger charge is 2.19. The molecule has 1 atom stereocenters. The van der Waals surface area contributed by atoms with E-state index in [1.165, 1.54) is 6.33 Å². The van der Waals surface area contributed by atoms with Crippen molar-refractivity contribution in [2.45, 2.75) is 12.5 Å². The van der Waals surface area contributed by atoms with Crippen molar-refractivity contribution in [3.8, 4) is 0 Å². The third-order valence-corrected chi connectivity index (χ3v) is 1.52. The van der Waals surface area contributed by atoms with Gasteiger partial charge in [0, 0.05) is 12.6 Å². The van der Waals surface area contributed by atoms with E-state index in [4.69, 9.17) is 5.11 Å². The standard InChI is InChI=1S/C7H9N3O4/c11-4-14-10-6(7(12)13)1-5-2-8-3-9-5/h2-4,6,10H,1H2,(H,8,9)(H,12,13). The van der Waals surface area contributed by atoms with Crippen LogP contribution in [0.15, 0.2) is 12.5 Å². The van der Waals surface area contributed by atoms with E-state index >= 15 is 0 Å². The molecule has 0 spiro atoms. The minimum absolute atomic E-state index is 0.125. The average Bonchev–Trinajstić information content (AvgIpc) is 2.64.